The van der Waals surface area contributed by atoms with Gasteiger partial charge in [-0.1, -0.05) is 39.0 Å². The first-order chi connectivity index (χ1) is 9.76. The maximum absolute atomic E-state index is 11.7. The lowest BCUT2D eigenvalue weighted by molar-refractivity contribution is -0.127. The summed E-state index contributed by atoms with van der Waals surface area (Å²) in [6.07, 6.45) is 9.20. The largest absolute Gasteiger partial charge is 0.395 e. The number of carbonyl (C=O) groups is 1. The van der Waals surface area contributed by atoms with Gasteiger partial charge >= 0.3 is 0 Å². The molecule has 0 rings (SSSR count). The molecule has 0 heterocycles. The van der Waals surface area contributed by atoms with Crippen LogP contribution < -0.4 is 0 Å². The summed E-state index contributed by atoms with van der Waals surface area (Å²) in [5, 5.41) is 19.5. The summed E-state index contributed by atoms with van der Waals surface area (Å²) in [6.45, 7) is 2.60. The van der Waals surface area contributed by atoms with Gasteiger partial charge in [-0.15, -0.1) is 11.8 Å². The molecule has 5 heteroatoms. The predicted octanol–water partition coefficient (Wildman–Crippen LogP) is 2.41. The highest BCUT2D eigenvalue weighted by molar-refractivity contribution is 8.02. The Bertz CT molecular complexity index is 254. The molecule has 2 N–H and O–H groups in total. The Labute approximate surface area is 127 Å². The van der Waals surface area contributed by atoms with Gasteiger partial charge in [-0.25, -0.2) is 0 Å². The first kappa shape index (κ1) is 19.5. The molecule has 0 saturated heterocycles. The SMILES string of the molecule is CCCCCCCCSC=CC(=O)N(CCO)CCO. The first-order valence-corrected chi connectivity index (χ1v) is 8.59. The molecule has 0 aromatic rings. The zero-order valence-electron chi connectivity index (χ0n) is 12.6. The molecule has 0 bridgehead atoms. The van der Waals surface area contributed by atoms with Crippen molar-refractivity contribution in [2.75, 3.05) is 32.1 Å². The lowest BCUT2D eigenvalue weighted by Crippen LogP contribution is -2.34. The Hall–Kier alpha value is -0.520. The molecule has 0 atom stereocenters. The molecule has 0 aromatic heterocycles. The molecule has 0 aliphatic rings. The second-order valence-electron chi connectivity index (χ2n) is 4.71. The minimum absolute atomic E-state index is 0.0789. The van der Waals surface area contributed by atoms with E-state index in [0.717, 1.165) is 5.75 Å². The highest BCUT2D eigenvalue weighted by atomic mass is 32.2. The van der Waals surface area contributed by atoms with Gasteiger partial charge in [-0.2, -0.15) is 0 Å². The monoisotopic (exact) mass is 303 g/mol. The van der Waals surface area contributed by atoms with E-state index in [2.05, 4.69) is 6.92 Å². The predicted molar refractivity (Wildman–Crippen MR) is 85.7 cm³/mol. The fraction of sp³-hybridized carbons (Fsp3) is 0.800. The van der Waals surface area contributed by atoms with Crippen molar-refractivity contribution in [3.8, 4) is 0 Å². The summed E-state index contributed by atoms with van der Waals surface area (Å²) in [7, 11) is 0. The highest BCUT2D eigenvalue weighted by Crippen LogP contribution is 2.10. The van der Waals surface area contributed by atoms with Crippen LogP contribution in [0.1, 0.15) is 45.4 Å². The zero-order chi connectivity index (χ0) is 15.1. The number of hydrogen-bond acceptors (Lipinski definition) is 4. The van der Waals surface area contributed by atoms with Crippen LogP contribution in [0, 0.1) is 0 Å². The molecule has 0 saturated carbocycles. The van der Waals surface area contributed by atoms with Gasteiger partial charge in [0.2, 0.25) is 5.91 Å². The summed E-state index contributed by atoms with van der Waals surface area (Å²) < 4.78 is 0. The topological polar surface area (TPSA) is 60.8 Å². The molecule has 0 aromatic carbocycles. The number of aliphatic hydroxyl groups excluding tert-OH is 2. The van der Waals surface area contributed by atoms with Crippen molar-refractivity contribution in [2.45, 2.75) is 45.4 Å². The van der Waals surface area contributed by atoms with E-state index in [1.165, 1.54) is 49.5 Å². The van der Waals surface area contributed by atoms with Crippen LogP contribution in [0.3, 0.4) is 0 Å². The van der Waals surface area contributed by atoms with E-state index < -0.39 is 0 Å². The number of carbonyl (C=O) groups excluding carboxylic acids is 1. The zero-order valence-corrected chi connectivity index (χ0v) is 13.4. The van der Waals surface area contributed by atoms with E-state index in [1.54, 1.807) is 11.8 Å². The summed E-state index contributed by atoms with van der Waals surface area (Å²) in [5.74, 6) is 0.888. The molecule has 4 nitrogen and oxygen atoms in total. The maximum atomic E-state index is 11.7. The van der Waals surface area contributed by atoms with Crippen molar-refractivity contribution < 1.29 is 15.0 Å². The van der Waals surface area contributed by atoms with Gasteiger partial charge in [0.1, 0.15) is 0 Å². The van der Waals surface area contributed by atoms with Crippen LogP contribution in [0.15, 0.2) is 11.5 Å². The van der Waals surface area contributed by atoms with Crippen LogP contribution in [-0.2, 0) is 4.79 Å². The Kier molecular flexibility index (Phi) is 14.5. The number of thioether (sulfide) groups is 1. The van der Waals surface area contributed by atoms with Crippen LogP contribution in [0.5, 0.6) is 0 Å². The van der Waals surface area contributed by atoms with Crippen molar-refractivity contribution in [1.82, 2.24) is 4.90 Å². The number of rotatable bonds is 13. The summed E-state index contributed by atoms with van der Waals surface area (Å²) >= 11 is 1.65. The van der Waals surface area contributed by atoms with Crippen molar-refractivity contribution in [2.24, 2.45) is 0 Å². The van der Waals surface area contributed by atoms with Crippen molar-refractivity contribution in [1.29, 1.82) is 0 Å². The van der Waals surface area contributed by atoms with Crippen LogP contribution in [0.2, 0.25) is 0 Å². The number of amides is 1. The minimum atomic E-state index is -0.149. The van der Waals surface area contributed by atoms with Crippen molar-refractivity contribution >= 4 is 17.7 Å². The molecule has 1 amide bonds. The summed E-state index contributed by atoms with van der Waals surface area (Å²) in [4.78, 5) is 13.2. The molecule has 0 unspecified atom stereocenters. The molecule has 0 aliphatic heterocycles. The molecule has 0 radical (unpaired) electrons. The second-order valence-corrected chi connectivity index (χ2v) is 5.73. The normalized spacial score (nSPS) is 11.2. The average Bonchev–Trinajstić information content (AvgIpc) is 2.45. The molecule has 0 fully saturated rings. The van der Waals surface area contributed by atoms with Crippen molar-refractivity contribution in [3.05, 3.63) is 11.5 Å². The molecular formula is C15H29NO3S. The van der Waals surface area contributed by atoms with E-state index in [0.29, 0.717) is 0 Å². The third-order valence-electron chi connectivity index (χ3n) is 2.97. The van der Waals surface area contributed by atoms with Gasteiger partial charge in [0.15, 0.2) is 0 Å². The fourth-order valence-corrected chi connectivity index (χ4v) is 2.54. The number of unbranched alkanes of at least 4 members (excludes halogenated alkanes) is 5. The summed E-state index contributed by atoms with van der Waals surface area (Å²) in [5.41, 5.74) is 0. The Morgan fingerprint density at radius 3 is 2.25 bits per heavy atom. The smallest absolute Gasteiger partial charge is 0.247 e. The minimum Gasteiger partial charge on any atom is -0.395 e. The lowest BCUT2D eigenvalue weighted by atomic mass is 10.1. The first-order valence-electron chi connectivity index (χ1n) is 7.55. The van der Waals surface area contributed by atoms with E-state index >= 15 is 0 Å². The van der Waals surface area contributed by atoms with E-state index in [4.69, 9.17) is 10.2 Å². The van der Waals surface area contributed by atoms with Crippen LogP contribution >= 0.6 is 11.8 Å². The number of hydrogen-bond donors (Lipinski definition) is 2. The van der Waals surface area contributed by atoms with Crippen LogP contribution in [-0.4, -0.2) is 53.1 Å². The van der Waals surface area contributed by atoms with Gasteiger partial charge in [0.25, 0.3) is 0 Å². The molecular weight excluding hydrogens is 274 g/mol. The standard InChI is InChI=1S/C15H29NO3S/c1-2-3-4-5-6-7-13-20-14-8-15(19)16(9-11-17)10-12-18/h8,14,17-18H,2-7,9-13H2,1H3. The van der Waals surface area contributed by atoms with Gasteiger partial charge < -0.3 is 15.1 Å². The lowest BCUT2D eigenvalue weighted by Gasteiger charge is -2.18. The third-order valence-corrected chi connectivity index (χ3v) is 3.83. The van der Waals surface area contributed by atoms with Crippen LogP contribution in [0.4, 0.5) is 0 Å². The van der Waals surface area contributed by atoms with E-state index in [-0.39, 0.29) is 32.2 Å². The van der Waals surface area contributed by atoms with Crippen molar-refractivity contribution in [3.63, 3.8) is 0 Å². The molecule has 118 valence electrons. The number of aliphatic hydroxyl groups is 2. The number of nitrogens with zero attached hydrogens (tertiary/aromatic N) is 1. The molecule has 0 aliphatic carbocycles. The molecule has 20 heavy (non-hydrogen) atoms. The quantitative estimate of drug-likeness (QED) is 0.405. The Morgan fingerprint density at radius 2 is 1.65 bits per heavy atom. The highest BCUT2D eigenvalue weighted by Gasteiger charge is 2.08. The average molecular weight is 303 g/mol. The third kappa shape index (κ3) is 11.3. The molecule has 0 spiro atoms. The second kappa shape index (κ2) is 14.9. The van der Waals surface area contributed by atoms with E-state index in [1.807, 2.05) is 5.41 Å². The van der Waals surface area contributed by atoms with E-state index in [9.17, 15) is 4.79 Å². The van der Waals surface area contributed by atoms with Crippen LogP contribution in [0.25, 0.3) is 0 Å². The summed E-state index contributed by atoms with van der Waals surface area (Å²) in [6, 6.07) is 0. The van der Waals surface area contributed by atoms with Gasteiger partial charge in [-0.3, -0.25) is 4.79 Å². The van der Waals surface area contributed by atoms with Gasteiger partial charge in [-0.05, 0) is 17.6 Å². The maximum Gasteiger partial charge on any atom is 0.247 e. The Balaban J connectivity index is 3.63. The van der Waals surface area contributed by atoms with Gasteiger partial charge in [0.05, 0.1) is 13.2 Å². The Morgan fingerprint density at radius 1 is 1.05 bits per heavy atom. The fourth-order valence-electron chi connectivity index (χ4n) is 1.82. The van der Waals surface area contributed by atoms with Gasteiger partial charge in [0, 0.05) is 19.2 Å².